The van der Waals surface area contributed by atoms with Crippen molar-refractivity contribution < 1.29 is 4.42 Å². The molecule has 1 aliphatic heterocycles. The molecule has 1 aromatic heterocycles. The lowest BCUT2D eigenvalue weighted by Gasteiger charge is -2.30. The van der Waals surface area contributed by atoms with Gasteiger partial charge in [0, 0.05) is 25.7 Å². The van der Waals surface area contributed by atoms with Crippen LogP contribution in [0.3, 0.4) is 0 Å². The van der Waals surface area contributed by atoms with Gasteiger partial charge in [-0.25, -0.2) is 0 Å². The average molecular weight is 397 g/mol. The van der Waals surface area contributed by atoms with E-state index in [1.807, 2.05) is 19.2 Å². The SMILES string of the molecule is CN(Cc1ccoc1)C1=NCCC(c2ccccc2)N1.I. The molecule has 21 heavy (non-hydrogen) atoms. The van der Waals surface area contributed by atoms with Crippen molar-refractivity contribution in [3.63, 3.8) is 0 Å². The fourth-order valence-corrected chi connectivity index (χ4v) is 2.47. The lowest BCUT2D eigenvalue weighted by molar-refractivity contribution is 0.434. The third kappa shape index (κ3) is 4.00. The van der Waals surface area contributed by atoms with E-state index in [2.05, 4.69) is 39.5 Å². The number of nitrogens with one attached hydrogen (secondary N) is 1. The lowest BCUT2D eigenvalue weighted by Crippen LogP contribution is -2.43. The van der Waals surface area contributed by atoms with Gasteiger partial charge in [-0.1, -0.05) is 30.3 Å². The Morgan fingerprint density at radius 1 is 1.29 bits per heavy atom. The maximum Gasteiger partial charge on any atom is 0.194 e. The minimum Gasteiger partial charge on any atom is -0.472 e. The normalized spacial score (nSPS) is 17.4. The number of hydrogen-bond donors (Lipinski definition) is 1. The molecule has 0 saturated carbocycles. The van der Waals surface area contributed by atoms with Crippen molar-refractivity contribution in [2.45, 2.75) is 19.0 Å². The van der Waals surface area contributed by atoms with Crippen LogP contribution in [0.5, 0.6) is 0 Å². The predicted molar refractivity (Wildman–Crippen MR) is 94.8 cm³/mol. The summed E-state index contributed by atoms with van der Waals surface area (Å²) in [4.78, 5) is 6.71. The first-order chi connectivity index (χ1) is 9.83. The third-order valence-corrected chi connectivity index (χ3v) is 3.55. The Hall–Kier alpha value is -1.50. The average Bonchev–Trinajstić information content (AvgIpc) is 3.01. The van der Waals surface area contributed by atoms with Crippen LogP contribution < -0.4 is 5.32 Å². The van der Waals surface area contributed by atoms with Crippen LogP contribution in [0.2, 0.25) is 0 Å². The number of hydrogen-bond acceptors (Lipinski definition) is 4. The third-order valence-electron chi connectivity index (χ3n) is 3.55. The van der Waals surface area contributed by atoms with Crippen LogP contribution in [0.15, 0.2) is 58.3 Å². The van der Waals surface area contributed by atoms with Gasteiger partial charge in [0.05, 0.1) is 18.6 Å². The van der Waals surface area contributed by atoms with E-state index < -0.39 is 0 Å². The summed E-state index contributed by atoms with van der Waals surface area (Å²) in [6.07, 6.45) is 4.51. The van der Waals surface area contributed by atoms with Gasteiger partial charge in [-0.2, -0.15) is 0 Å². The van der Waals surface area contributed by atoms with Crippen LogP contribution in [-0.2, 0) is 6.54 Å². The Bertz CT molecular complexity index is 568. The number of benzene rings is 1. The molecule has 0 radical (unpaired) electrons. The molecule has 0 amide bonds. The number of guanidine groups is 1. The Labute approximate surface area is 142 Å². The molecule has 0 aliphatic carbocycles. The molecule has 1 aliphatic rings. The Kier molecular flexibility index (Phi) is 5.67. The standard InChI is InChI=1S/C16H19N3O.HI/c1-19(11-13-8-10-20-12-13)16-17-9-7-15(18-16)14-5-3-2-4-6-14;/h2-6,8,10,12,15H,7,9,11H2,1H3,(H,17,18);1H. The van der Waals surface area contributed by atoms with Crippen LogP contribution in [0.25, 0.3) is 0 Å². The number of halogens is 1. The highest BCUT2D eigenvalue weighted by molar-refractivity contribution is 14.0. The molecule has 1 N–H and O–H groups in total. The Balaban J connectivity index is 0.00000161. The topological polar surface area (TPSA) is 40.8 Å². The summed E-state index contributed by atoms with van der Waals surface area (Å²) in [6.45, 7) is 1.65. The highest BCUT2D eigenvalue weighted by Gasteiger charge is 2.19. The molecule has 0 spiro atoms. The maximum atomic E-state index is 5.11. The molecule has 1 atom stereocenters. The van der Waals surface area contributed by atoms with Crippen LogP contribution in [0.4, 0.5) is 0 Å². The number of furan rings is 1. The van der Waals surface area contributed by atoms with Crippen molar-refractivity contribution in [2.24, 2.45) is 4.99 Å². The van der Waals surface area contributed by atoms with Gasteiger partial charge in [0.2, 0.25) is 0 Å². The van der Waals surface area contributed by atoms with Gasteiger partial charge in [0.25, 0.3) is 0 Å². The Morgan fingerprint density at radius 3 is 2.81 bits per heavy atom. The van der Waals surface area contributed by atoms with Gasteiger partial charge >= 0.3 is 0 Å². The van der Waals surface area contributed by atoms with E-state index in [0.717, 1.165) is 31.0 Å². The minimum atomic E-state index is 0. The van der Waals surface area contributed by atoms with E-state index in [-0.39, 0.29) is 24.0 Å². The Morgan fingerprint density at radius 2 is 2.10 bits per heavy atom. The zero-order valence-corrected chi connectivity index (χ0v) is 14.4. The molecule has 1 unspecified atom stereocenters. The second kappa shape index (κ2) is 7.49. The summed E-state index contributed by atoms with van der Waals surface area (Å²) in [7, 11) is 2.05. The molecule has 112 valence electrons. The fourth-order valence-electron chi connectivity index (χ4n) is 2.47. The zero-order valence-electron chi connectivity index (χ0n) is 12.0. The van der Waals surface area contributed by atoms with Crippen LogP contribution in [0, 0.1) is 0 Å². The monoisotopic (exact) mass is 397 g/mol. The second-order valence-corrected chi connectivity index (χ2v) is 5.09. The zero-order chi connectivity index (χ0) is 13.8. The van der Waals surface area contributed by atoms with Crippen molar-refractivity contribution in [3.8, 4) is 0 Å². The highest BCUT2D eigenvalue weighted by Crippen LogP contribution is 2.20. The van der Waals surface area contributed by atoms with Crippen LogP contribution >= 0.6 is 24.0 Å². The van der Waals surface area contributed by atoms with E-state index in [4.69, 9.17) is 4.42 Å². The second-order valence-electron chi connectivity index (χ2n) is 5.09. The van der Waals surface area contributed by atoms with Gasteiger partial charge in [0.15, 0.2) is 5.96 Å². The van der Waals surface area contributed by atoms with Crippen molar-refractivity contribution in [1.82, 2.24) is 10.2 Å². The van der Waals surface area contributed by atoms with Gasteiger partial charge in [-0.05, 0) is 18.1 Å². The molecule has 2 heterocycles. The molecule has 2 aromatic rings. The summed E-state index contributed by atoms with van der Waals surface area (Å²) in [5.41, 5.74) is 2.47. The summed E-state index contributed by atoms with van der Waals surface area (Å²) in [5, 5.41) is 3.53. The van der Waals surface area contributed by atoms with Crippen molar-refractivity contribution >= 4 is 29.9 Å². The fraction of sp³-hybridized carbons (Fsp3) is 0.312. The lowest BCUT2D eigenvalue weighted by atomic mass is 10.0. The van der Waals surface area contributed by atoms with E-state index in [1.54, 1.807) is 12.5 Å². The van der Waals surface area contributed by atoms with Crippen molar-refractivity contribution in [3.05, 3.63) is 60.1 Å². The van der Waals surface area contributed by atoms with E-state index >= 15 is 0 Å². The quantitative estimate of drug-likeness (QED) is 0.808. The molecule has 4 nitrogen and oxygen atoms in total. The summed E-state index contributed by atoms with van der Waals surface area (Å²) in [5.74, 6) is 0.950. The van der Waals surface area contributed by atoms with Crippen molar-refractivity contribution in [2.75, 3.05) is 13.6 Å². The molecule has 3 rings (SSSR count). The molecule has 0 bridgehead atoms. The number of aliphatic imine (C=N–C) groups is 1. The molecule has 1 aromatic carbocycles. The molecular weight excluding hydrogens is 377 g/mol. The van der Waals surface area contributed by atoms with E-state index in [1.165, 1.54) is 5.56 Å². The smallest absolute Gasteiger partial charge is 0.194 e. The van der Waals surface area contributed by atoms with Gasteiger partial charge < -0.3 is 14.6 Å². The first-order valence-electron chi connectivity index (χ1n) is 6.91. The summed E-state index contributed by atoms with van der Waals surface area (Å²) < 4.78 is 5.11. The highest BCUT2D eigenvalue weighted by atomic mass is 127. The first kappa shape index (κ1) is 15.9. The van der Waals surface area contributed by atoms with Crippen LogP contribution in [-0.4, -0.2) is 24.5 Å². The van der Waals surface area contributed by atoms with E-state index in [0.29, 0.717) is 6.04 Å². The first-order valence-corrected chi connectivity index (χ1v) is 6.91. The van der Waals surface area contributed by atoms with Gasteiger partial charge in [-0.15, -0.1) is 24.0 Å². The molecule has 0 saturated heterocycles. The molecule has 5 heteroatoms. The largest absolute Gasteiger partial charge is 0.472 e. The van der Waals surface area contributed by atoms with Gasteiger partial charge in [0.1, 0.15) is 0 Å². The molecule has 0 fully saturated rings. The van der Waals surface area contributed by atoms with E-state index in [9.17, 15) is 0 Å². The maximum absolute atomic E-state index is 5.11. The van der Waals surface area contributed by atoms with Gasteiger partial charge in [-0.3, -0.25) is 4.99 Å². The number of rotatable bonds is 3. The number of nitrogens with zero attached hydrogens (tertiary/aromatic N) is 2. The molecular formula is C16H20IN3O. The summed E-state index contributed by atoms with van der Waals surface area (Å²) >= 11 is 0. The van der Waals surface area contributed by atoms with Crippen molar-refractivity contribution in [1.29, 1.82) is 0 Å². The summed E-state index contributed by atoms with van der Waals surface area (Å²) in [6, 6.07) is 12.9. The van der Waals surface area contributed by atoms with Crippen LogP contribution in [0.1, 0.15) is 23.6 Å². The predicted octanol–water partition coefficient (Wildman–Crippen LogP) is 3.42. The minimum absolute atomic E-state index is 0.